The lowest BCUT2D eigenvalue weighted by molar-refractivity contribution is 0.462. The predicted molar refractivity (Wildman–Crippen MR) is 78.7 cm³/mol. The molecule has 0 saturated heterocycles. The van der Waals surface area contributed by atoms with Crippen molar-refractivity contribution in [3.05, 3.63) is 58.9 Å². The molecule has 1 N–H and O–H groups in total. The fourth-order valence-corrected chi connectivity index (χ4v) is 2.05. The maximum absolute atomic E-state index is 9.93. The summed E-state index contributed by atoms with van der Waals surface area (Å²) in [5.41, 5.74) is 3.47. The molecule has 92 valence electrons. The lowest BCUT2D eigenvalue weighted by Gasteiger charge is -2.07. The van der Waals surface area contributed by atoms with Crippen LogP contribution < -0.4 is 0 Å². The molecule has 0 aliphatic carbocycles. The number of nitrogens with zero attached hydrogens (tertiary/aromatic N) is 1. The molecule has 0 bridgehead atoms. The zero-order valence-corrected chi connectivity index (χ0v) is 11.1. The number of hydrogen-bond acceptors (Lipinski definition) is 3. The third-order valence-corrected chi connectivity index (χ3v) is 3.10. The second-order valence-corrected chi connectivity index (χ2v) is 4.34. The SMILES string of the molecule is Cc1ncc(C=Cc2ccccc2)c(CS)c1O. The lowest BCUT2D eigenvalue weighted by Crippen LogP contribution is -1.92. The zero-order chi connectivity index (χ0) is 13.0. The molecule has 0 spiro atoms. The second-order valence-electron chi connectivity index (χ2n) is 4.03. The molecule has 18 heavy (non-hydrogen) atoms. The molecule has 0 atom stereocenters. The lowest BCUT2D eigenvalue weighted by atomic mass is 10.1. The van der Waals surface area contributed by atoms with E-state index in [1.165, 1.54) is 0 Å². The molecule has 0 aliphatic rings. The Morgan fingerprint density at radius 3 is 2.61 bits per heavy atom. The molecule has 0 unspecified atom stereocenters. The first-order chi connectivity index (χ1) is 8.72. The Kier molecular flexibility index (Phi) is 4.05. The average Bonchev–Trinajstić information content (AvgIpc) is 2.41. The second kappa shape index (κ2) is 5.74. The van der Waals surface area contributed by atoms with Gasteiger partial charge in [-0.2, -0.15) is 12.6 Å². The fourth-order valence-electron chi connectivity index (χ4n) is 1.72. The molecule has 1 heterocycles. The van der Waals surface area contributed by atoms with Gasteiger partial charge in [-0.05, 0) is 12.5 Å². The topological polar surface area (TPSA) is 33.1 Å². The molecule has 0 radical (unpaired) electrons. The standard InChI is InChI=1S/C15H15NOS/c1-11-15(17)14(10-18)13(9-16-11)8-7-12-5-3-2-4-6-12/h2-9,17-18H,10H2,1H3. The van der Waals surface area contributed by atoms with Crippen LogP contribution in [0.5, 0.6) is 5.75 Å². The van der Waals surface area contributed by atoms with Crippen molar-refractivity contribution in [2.24, 2.45) is 0 Å². The van der Waals surface area contributed by atoms with Gasteiger partial charge in [-0.3, -0.25) is 4.98 Å². The van der Waals surface area contributed by atoms with Crippen molar-refractivity contribution in [3.63, 3.8) is 0 Å². The van der Waals surface area contributed by atoms with Crippen LogP contribution in [0.4, 0.5) is 0 Å². The number of benzene rings is 1. The normalized spacial score (nSPS) is 11.0. The maximum Gasteiger partial charge on any atom is 0.141 e. The summed E-state index contributed by atoms with van der Waals surface area (Å²) >= 11 is 4.26. The van der Waals surface area contributed by atoms with Crippen molar-refractivity contribution in [1.29, 1.82) is 0 Å². The van der Waals surface area contributed by atoms with Crippen LogP contribution in [-0.4, -0.2) is 10.1 Å². The molecular weight excluding hydrogens is 242 g/mol. The van der Waals surface area contributed by atoms with E-state index in [0.717, 1.165) is 16.7 Å². The van der Waals surface area contributed by atoms with E-state index >= 15 is 0 Å². The monoisotopic (exact) mass is 257 g/mol. The molecule has 1 aromatic carbocycles. The van der Waals surface area contributed by atoms with Crippen LogP contribution in [0.15, 0.2) is 36.5 Å². The molecule has 2 rings (SSSR count). The number of pyridine rings is 1. The van der Waals surface area contributed by atoms with Crippen molar-refractivity contribution in [3.8, 4) is 5.75 Å². The molecule has 0 fully saturated rings. The summed E-state index contributed by atoms with van der Waals surface area (Å²) in [4.78, 5) is 4.16. The Labute approximate surface area is 112 Å². The van der Waals surface area contributed by atoms with Crippen LogP contribution >= 0.6 is 12.6 Å². The van der Waals surface area contributed by atoms with E-state index in [2.05, 4.69) is 17.6 Å². The Bertz CT molecular complexity index is 564. The van der Waals surface area contributed by atoms with Crippen LogP contribution in [0, 0.1) is 6.92 Å². The highest BCUT2D eigenvalue weighted by Crippen LogP contribution is 2.26. The van der Waals surface area contributed by atoms with Crippen molar-refractivity contribution in [2.45, 2.75) is 12.7 Å². The van der Waals surface area contributed by atoms with E-state index in [1.807, 2.05) is 42.5 Å². The first-order valence-electron chi connectivity index (χ1n) is 5.74. The highest BCUT2D eigenvalue weighted by atomic mass is 32.1. The van der Waals surface area contributed by atoms with Gasteiger partial charge < -0.3 is 5.11 Å². The number of hydrogen-bond donors (Lipinski definition) is 2. The van der Waals surface area contributed by atoms with Crippen molar-refractivity contribution >= 4 is 24.8 Å². The summed E-state index contributed by atoms with van der Waals surface area (Å²) in [5.74, 6) is 0.726. The summed E-state index contributed by atoms with van der Waals surface area (Å²) < 4.78 is 0. The number of thiol groups is 1. The van der Waals surface area contributed by atoms with Gasteiger partial charge in [0.2, 0.25) is 0 Å². The van der Waals surface area contributed by atoms with E-state index in [1.54, 1.807) is 13.1 Å². The molecule has 1 aromatic heterocycles. The predicted octanol–water partition coefficient (Wildman–Crippen LogP) is 3.70. The fraction of sp³-hybridized carbons (Fsp3) is 0.133. The van der Waals surface area contributed by atoms with E-state index < -0.39 is 0 Å². The molecule has 3 heteroatoms. The smallest absolute Gasteiger partial charge is 0.141 e. The third kappa shape index (κ3) is 2.74. The van der Waals surface area contributed by atoms with Crippen molar-refractivity contribution < 1.29 is 5.11 Å². The Morgan fingerprint density at radius 2 is 1.94 bits per heavy atom. The third-order valence-electron chi connectivity index (χ3n) is 2.79. The van der Waals surface area contributed by atoms with Crippen LogP contribution in [-0.2, 0) is 5.75 Å². The molecule has 0 aliphatic heterocycles. The van der Waals surface area contributed by atoms with Crippen LogP contribution in [0.1, 0.15) is 22.4 Å². The maximum atomic E-state index is 9.93. The van der Waals surface area contributed by atoms with E-state index in [-0.39, 0.29) is 5.75 Å². The summed E-state index contributed by atoms with van der Waals surface area (Å²) in [6.45, 7) is 1.78. The Hall–Kier alpha value is -1.74. The number of aryl methyl sites for hydroxylation is 1. The quantitative estimate of drug-likeness (QED) is 0.822. The summed E-state index contributed by atoms with van der Waals surface area (Å²) in [5, 5.41) is 9.93. The van der Waals surface area contributed by atoms with Gasteiger partial charge in [-0.1, -0.05) is 42.5 Å². The zero-order valence-electron chi connectivity index (χ0n) is 10.2. The highest BCUT2D eigenvalue weighted by Gasteiger charge is 2.07. The minimum atomic E-state index is 0.236. The molecule has 2 nitrogen and oxygen atoms in total. The first-order valence-corrected chi connectivity index (χ1v) is 6.37. The Morgan fingerprint density at radius 1 is 1.22 bits per heavy atom. The highest BCUT2D eigenvalue weighted by molar-refractivity contribution is 7.79. The van der Waals surface area contributed by atoms with Gasteiger partial charge in [0.15, 0.2) is 0 Å². The van der Waals surface area contributed by atoms with Gasteiger partial charge in [0.1, 0.15) is 5.75 Å². The van der Waals surface area contributed by atoms with E-state index in [0.29, 0.717) is 11.4 Å². The van der Waals surface area contributed by atoms with Crippen molar-refractivity contribution in [2.75, 3.05) is 0 Å². The van der Waals surface area contributed by atoms with Gasteiger partial charge in [-0.25, -0.2) is 0 Å². The largest absolute Gasteiger partial charge is 0.506 e. The van der Waals surface area contributed by atoms with Gasteiger partial charge in [0.25, 0.3) is 0 Å². The molecule has 2 aromatic rings. The minimum absolute atomic E-state index is 0.236. The van der Waals surface area contributed by atoms with Gasteiger partial charge in [0.05, 0.1) is 5.69 Å². The van der Waals surface area contributed by atoms with Crippen LogP contribution in [0.3, 0.4) is 0 Å². The van der Waals surface area contributed by atoms with Crippen molar-refractivity contribution in [1.82, 2.24) is 4.98 Å². The Balaban J connectivity index is 2.35. The summed E-state index contributed by atoms with van der Waals surface area (Å²) in [7, 11) is 0. The molecular formula is C15H15NOS. The van der Waals surface area contributed by atoms with Gasteiger partial charge in [0, 0.05) is 23.1 Å². The molecule has 0 amide bonds. The average molecular weight is 257 g/mol. The number of aromatic hydroxyl groups is 1. The van der Waals surface area contributed by atoms with Crippen LogP contribution in [0.25, 0.3) is 12.2 Å². The van der Waals surface area contributed by atoms with E-state index in [9.17, 15) is 5.11 Å². The summed E-state index contributed by atoms with van der Waals surface area (Å²) in [6.07, 6.45) is 5.71. The van der Waals surface area contributed by atoms with Gasteiger partial charge in [-0.15, -0.1) is 0 Å². The number of aromatic nitrogens is 1. The first kappa shape index (κ1) is 12.7. The number of rotatable bonds is 3. The van der Waals surface area contributed by atoms with E-state index in [4.69, 9.17) is 0 Å². The van der Waals surface area contributed by atoms with Crippen LogP contribution in [0.2, 0.25) is 0 Å². The molecule has 0 saturated carbocycles. The minimum Gasteiger partial charge on any atom is -0.506 e. The summed E-state index contributed by atoms with van der Waals surface area (Å²) in [6, 6.07) is 10.0. The van der Waals surface area contributed by atoms with Gasteiger partial charge >= 0.3 is 0 Å².